The highest BCUT2D eigenvalue weighted by Gasteiger charge is 2.18. The van der Waals surface area contributed by atoms with Gasteiger partial charge in [0.2, 0.25) is 5.89 Å². The molecule has 3 heterocycles. The largest absolute Gasteiger partial charge is 0.459 e. The summed E-state index contributed by atoms with van der Waals surface area (Å²) in [5.41, 5.74) is 0.566. The molecule has 0 aliphatic carbocycles. The van der Waals surface area contributed by atoms with Crippen molar-refractivity contribution in [3.8, 4) is 23.0 Å². The fourth-order valence-corrected chi connectivity index (χ4v) is 2.42. The maximum atomic E-state index is 11.9. The van der Waals surface area contributed by atoms with Crippen molar-refractivity contribution < 1.29 is 13.4 Å². The first-order valence-corrected chi connectivity index (χ1v) is 7.28. The minimum absolute atomic E-state index is 0.00337. The third-order valence-electron chi connectivity index (χ3n) is 3.29. The van der Waals surface area contributed by atoms with E-state index >= 15 is 0 Å². The van der Waals surface area contributed by atoms with Gasteiger partial charge in [-0.05, 0) is 24.3 Å². The highest BCUT2D eigenvalue weighted by Crippen LogP contribution is 2.26. The number of halogens is 1. The molecule has 1 aromatic carbocycles. The van der Waals surface area contributed by atoms with Gasteiger partial charge in [-0.25, -0.2) is 9.36 Å². The summed E-state index contributed by atoms with van der Waals surface area (Å²) in [6, 6.07) is 10.4. The maximum absolute atomic E-state index is 11.9. The number of hydrogen-bond donors (Lipinski definition) is 0. The van der Waals surface area contributed by atoms with E-state index in [0.717, 1.165) is 0 Å². The maximum Gasteiger partial charge on any atom is 0.442 e. The van der Waals surface area contributed by atoms with E-state index < -0.39 is 5.76 Å². The van der Waals surface area contributed by atoms with E-state index in [-0.39, 0.29) is 24.2 Å². The van der Waals surface area contributed by atoms with Crippen LogP contribution in [0, 0.1) is 0 Å². The van der Waals surface area contributed by atoms with Gasteiger partial charge in [0, 0.05) is 5.56 Å². The molecule has 4 aromatic rings. The quantitative estimate of drug-likeness (QED) is 0.561. The van der Waals surface area contributed by atoms with E-state index in [1.165, 1.54) is 10.8 Å². The summed E-state index contributed by atoms with van der Waals surface area (Å²) >= 11 is 6.15. The zero-order valence-electron chi connectivity index (χ0n) is 12.0. The molecule has 0 spiro atoms. The molecule has 0 aliphatic rings. The van der Waals surface area contributed by atoms with Gasteiger partial charge in [0.15, 0.2) is 11.6 Å². The van der Waals surface area contributed by atoms with Crippen molar-refractivity contribution in [1.82, 2.24) is 19.9 Å². The lowest BCUT2D eigenvalue weighted by Crippen LogP contribution is -2.16. The average Bonchev–Trinajstić information content (AvgIpc) is 3.31. The van der Waals surface area contributed by atoms with E-state index in [1.807, 2.05) is 0 Å². The lowest BCUT2D eigenvalue weighted by molar-refractivity contribution is 0.373. The molecule has 0 fully saturated rings. The standard InChI is InChI=1S/C15H9ClN4O4/c16-10-5-2-1-4-9(10)13-19-24-15(21)20(13)8-12-17-18-14(23-12)11-6-3-7-22-11/h1-7H,8H2. The molecule has 0 N–H and O–H groups in total. The van der Waals surface area contributed by atoms with Gasteiger partial charge in [-0.3, -0.25) is 4.52 Å². The lowest BCUT2D eigenvalue weighted by atomic mass is 10.2. The number of nitrogens with zero attached hydrogens (tertiary/aromatic N) is 4. The molecule has 0 amide bonds. The second-order valence-electron chi connectivity index (χ2n) is 4.82. The van der Waals surface area contributed by atoms with Crippen molar-refractivity contribution >= 4 is 11.6 Å². The van der Waals surface area contributed by atoms with E-state index in [2.05, 4.69) is 15.4 Å². The van der Waals surface area contributed by atoms with Crippen molar-refractivity contribution in [3.05, 3.63) is 64.1 Å². The first-order valence-electron chi connectivity index (χ1n) is 6.90. The van der Waals surface area contributed by atoms with Crippen LogP contribution in [0.15, 0.2) is 60.8 Å². The van der Waals surface area contributed by atoms with Gasteiger partial charge >= 0.3 is 5.76 Å². The van der Waals surface area contributed by atoms with Crippen LogP contribution in [0.4, 0.5) is 0 Å². The molecule has 4 rings (SSSR count). The molecular formula is C15H9ClN4O4. The van der Waals surface area contributed by atoms with Crippen molar-refractivity contribution in [2.45, 2.75) is 6.54 Å². The summed E-state index contributed by atoms with van der Waals surface area (Å²) in [5, 5.41) is 12.0. The second kappa shape index (κ2) is 5.82. The lowest BCUT2D eigenvalue weighted by Gasteiger charge is -2.03. The number of hydrogen-bond acceptors (Lipinski definition) is 7. The fraction of sp³-hybridized carbons (Fsp3) is 0.0667. The minimum Gasteiger partial charge on any atom is -0.459 e. The zero-order chi connectivity index (χ0) is 16.5. The molecule has 8 nitrogen and oxygen atoms in total. The van der Waals surface area contributed by atoms with Crippen LogP contribution in [-0.2, 0) is 6.54 Å². The predicted octanol–water partition coefficient (Wildman–Crippen LogP) is 2.85. The van der Waals surface area contributed by atoms with Crippen molar-refractivity contribution in [3.63, 3.8) is 0 Å². The van der Waals surface area contributed by atoms with E-state index in [1.54, 1.807) is 36.4 Å². The van der Waals surface area contributed by atoms with Crippen LogP contribution in [0.2, 0.25) is 5.02 Å². The normalized spacial score (nSPS) is 11.0. The molecule has 0 unspecified atom stereocenters. The number of aromatic nitrogens is 4. The Morgan fingerprint density at radius 1 is 1.12 bits per heavy atom. The zero-order valence-corrected chi connectivity index (χ0v) is 12.8. The molecule has 0 bridgehead atoms. The topological polar surface area (TPSA) is 100 Å². The Hall–Kier alpha value is -3.13. The molecule has 0 saturated carbocycles. The van der Waals surface area contributed by atoms with Gasteiger partial charge in [-0.15, -0.1) is 10.2 Å². The van der Waals surface area contributed by atoms with E-state index in [4.69, 9.17) is 25.0 Å². The molecule has 0 saturated heterocycles. The summed E-state index contributed by atoms with van der Waals surface area (Å²) in [6.45, 7) is -0.00337. The second-order valence-corrected chi connectivity index (χ2v) is 5.22. The van der Waals surface area contributed by atoms with Crippen molar-refractivity contribution in [1.29, 1.82) is 0 Å². The molecule has 24 heavy (non-hydrogen) atoms. The number of rotatable bonds is 4. The first-order chi connectivity index (χ1) is 11.7. The van der Waals surface area contributed by atoms with Gasteiger partial charge < -0.3 is 8.83 Å². The fourth-order valence-electron chi connectivity index (χ4n) is 2.20. The summed E-state index contributed by atoms with van der Waals surface area (Å²) in [6.07, 6.45) is 1.50. The van der Waals surface area contributed by atoms with Crippen molar-refractivity contribution in [2.24, 2.45) is 0 Å². The Morgan fingerprint density at radius 2 is 2.00 bits per heavy atom. The monoisotopic (exact) mass is 344 g/mol. The van der Waals surface area contributed by atoms with Crippen LogP contribution in [0.25, 0.3) is 23.0 Å². The first kappa shape index (κ1) is 14.5. The van der Waals surface area contributed by atoms with E-state index in [0.29, 0.717) is 16.3 Å². The summed E-state index contributed by atoms with van der Waals surface area (Å²) in [4.78, 5) is 11.9. The molecule has 0 atom stereocenters. The molecule has 120 valence electrons. The Balaban J connectivity index is 1.70. The van der Waals surface area contributed by atoms with Gasteiger partial charge in [-0.1, -0.05) is 28.9 Å². The van der Waals surface area contributed by atoms with Gasteiger partial charge in [0.25, 0.3) is 5.89 Å². The Labute approximate surface area is 139 Å². The average molecular weight is 345 g/mol. The highest BCUT2D eigenvalue weighted by atomic mass is 35.5. The smallest absolute Gasteiger partial charge is 0.442 e. The summed E-state index contributed by atoms with van der Waals surface area (Å²) in [5.74, 6) is 0.502. The van der Waals surface area contributed by atoms with E-state index in [9.17, 15) is 4.79 Å². The van der Waals surface area contributed by atoms with Crippen LogP contribution in [-0.4, -0.2) is 19.9 Å². The predicted molar refractivity (Wildman–Crippen MR) is 82.3 cm³/mol. The Bertz CT molecular complexity index is 1030. The van der Waals surface area contributed by atoms with Gasteiger partial charge in [0.1, 0.15) is 6.54 Å². The third-order valence-corrected chi connectivity index (χ3v) is 3.62. The molecule has 9 heteroatoms. The van der Waals surface area contributed by atoms with Crippen LogP contribution in [0.3, 0.4) is 0 Å². The van der Waals surface area contributed by atoms with Crippen molar-refractivity contribution in [2.75, 3.05) is 0 Å². The summed E-state index contributed by atoms with van der Waals surface area (Å²) in [7, 11) is 0. The number of furan rings is 1. The van der Waals surface area contributed by atoms with Crippen LogP contribution < -0.4 is 5.76 Å². The van der Waals surface area contributed by atoms with Gasteiger partial charge in [0.05, 0.1) is 11.3 Å². The highest BCUT2D eigenvalue weighted by molar-refractivity contribution is 6.33. The van der Waals surface area contributed by atoms with Crippen LogP contribution >= 0.6 is 11.6 Å². The van der Waals surface area contributed by atoms with Crippen LogP contribution in [0.5, 0.6) is 0 Å². The molecular weight excluding hydrogens is 336 g/mol. The van der Waals surface area contributed by atoms with Gasteiger partial charge in [-0.2, -0.15) is 0 Å². The molecule has 3 aromatic heterocycles. The SMILES string of the molecule is O=c1onc(-c2ccccc2Cl)n1Cc1nnc(-c2ccco2)o1. The Morgan fingerprint density at radius 3 is 2.79 bits per heavy atom. The third kappa shape index (κ3) is 2.52. The summed E-state index contributed by atoms with van der Waals surface area (Å²) < 4.78 is 16.7. The number of benzene rings is 1. The Kier molecular flexibility index (Phi) is 3.51. The molecule has 0 aliphatic heterocycles. The van der Waals surface area contributed by atoms with Crippen LogP contribution in [0.1, 0.15) is 5.89 Å². The molecule has 0 radical (unpaired) electrons. The minimum atomic E-state index is -0.650.